The van der Waals surface area contributed by atoms with E-state index in [0.29, 0.717) is 12.6 Å². The highest BCUT2D eigenvalue weighted by molar-refractivity contribution is 5.93. The SMILES string of the molecule is CNc1nc(C2=CC(C)(C)CC(C)(C)C2)c2cc(OC)c(OCCCN3CCCC3)cc2n1. The normalized spacial score (nSPS) is 20.0. The first-order valence-corrected chi connectivity index (χ1v) is 12.3. The van der Waals surface area contributed by atoms with Crippen molar-refractivity contribution in [1.82, 2.24) is 14.9 Å². The van der Waals surface area contributed by atoms with Gasteiger partial charge in [-0.05, 0) is 67.7 Å². The minimum atomic E-state index is 0.122. The third-order valence-corrected chi connectivity index (χ3v) is 6.75. The Morgan fingerprint density at radius 2 is 1.82 bits per heavy atom. The van der Waals surface area contributed by atoms with Gasteiger partial charge in [0.15, 0.2) is 11.5 Å². The van der Waals surface area contributed by atoms with Gasteiger partial charge >= 0.3 is 0 Å². The second-order valence-electron chi connectivity index (χ2n) is 11.1. The Bertz CT molecular complexity index is 1020. The Morgan fingerprint density at radius 3 is 2.48 bits per heavy atom. The quantitative estimate of drug-likeness (QED) is 0.513. The Kier molecular flexibility index (Phi) is 6.85. The van der Waals surface area contributed by atoms with Crippen molar-refractivity contribution < 1.29 is 9.47 Å². The van der Waals surface area contributed by atoms with Crippen molar-refractivity contribution in [3.05, 3.63) is 23.9 Å². The molecule has 0 spiro atoms. The summed E-state index contributed by atoms with van der Waals surface area (Å²) in [5, 5.41) is 4.15. The molecule has 2 aliphatic rings. The third kappa shape index (κ3) is 5.60. The largest absolute Gasteiger partial charge is 0.493 e. The molecule has 1 N–H and O–H groups in total. The monoisotopic (exact) mass is 452 g/mol. The highest BCUT2D eigenvalue weighted by atomic mass is 16.5. The fourth-order valence-corrected chi connectivity index (χ4v) is 5.78. The van der Waals surface area contributed by atoms with Crippen LogP contribution in [0.2, 0.25) is 0 Å². The maximum absolute atomic E-state index is 6.17. The molecular weight excluding hydrogens is 412 g/mol. The van der Waals surface area contributed by atoms with E-state index in [1.54, 1.807) is 7.11 Å². The number of benzene rings is 1. The molecule has 180 valence electrons. The first-order valence-electron chi connectivity index (χ1n) is 12.3. The van der Waals surface area contributed by atoms with Gasteiger partial charge in [0.1, 0.15) is 0 Å². The van der Waals surface area contributed by atoms with E-state index in [1.165, 1.54) is 31.5 Å². The minimum absolute atomic E-state index is 0.122. The van der Waals surface area contributed by atoms with Gasteiger partial charge in [-0.2, -0.15) is 0 Å². The molecule has 0 unspecified atom stereocenters. The fourth-order valence-electron chi connectivity index (χ4n) is 5.78. The Morgan fingerprint density at radius 1 is 1.06 bits per heavy atom. The van der Waals surface area contributed by atoms with Gasteiger partial charge in [0, 0.05) is 25.0 Å². The number of hydrogen-bond acceptors (Lipinski definition) is 6. The molecule has 4 rings (SSSR count). The maximum atomic E-state index is 6.17. The van der Waals surface area contributed by atoms with Crippen LogP contribution in [0.5, 0.6) is 11.5 Å². The van der Waals surface area contributed by atoms with Crippen molar-refractivity contribution in [1.29, 1.82) is 0 Å². The number of aromatic nitrogens is 2. The lowest BCUT2D eigenvalue weighted by Crippen LogP contribution is -2.27. The van der Waals surface area contributed by atoms with Gasteiger partial charge in [-0.3, -0.25) is 0 Å². The molecule has 0 bridgehead atoms. The zero-order chi connectivity index (χ0) is 23.6. The second kappa shape index (κ2) is 9.49. The van der Waals surface area contributed by atoms with Crippen LogP contribution < -0.4 is 14.8 Å². The Labute approximate surface area is 198 Å². The number of nitrogens with one attached hydrogen (secondary N) is 1. The van der Waals surface area contributed by atoms with Crippen molar-refractivity contribution >= 4 is 22.4 Å². The predicted molar refractivity (Wildman–Crippen MR) is 136 cm³/mol. The number of anilines is 1. The zero-order valence-corrected chi connectivity index (χ0v) is 21.3. The third-order valence-electron chi connectivity index (χ3n) is 6.75. The van der Waals surface area contributed by atoms with E-state index in [0.717, 1.165) is 53.9 Å². The summed E-state index contributed by atoms with van der Waals surface area (Å²) in [6, 6.07) is 4.06. The van der Waals surface area contributed by atoms with Gasteiger partial charge in [-0.15, -0.1) is 0 Å². The lowest BCUT2D eigenvalue weighted by Gasteiger charge is -2.39. The van der Waals surface area contributed by atoms with Crippen LogP contribution in [-0.4, -0.2) is 55.3 Å². The first-order chi connectivity index (χ1) is 15.7. The molecule has 0 saturated carbocycles. The van der Waals surface area contributed by atoms with E-state index in [1.807, 2.05) is 13.1 Å². The zero-order valence-electron chi connectivity index (χ0n) is 21.3. The van der Waals surface area contributed by atoms with Crippen LogP contribution >= 0.6 is 0 Å². The van der Waals surface area contributed by atoms with E-state index in [-0.39, 0.29) is 10.8 Å². The van der Waals surface area contributed by atoms with Crippen molar-refractivity contribution in [2.24, 2.45) is 10.8 Å². The number of hydrogen-bond donors (Lipinski definition) is 1. The van der Waals surface area contributed by atoms with Crippen LogP contribution in [0.4, 0.5) is 5.95 Å². The molecule has 1 aliphatic heterocycles. The average Bonchev–Trinajstić information content (AvgIpc) is 3.26. The number of methoxy groups -OCH3 is 1. The number of likely N-dealkylation sites (tertiary alicyclic amines) is 1. The van der Waals surface area contributed by atoms with Crippen molar-refractivity contribution in [2.45, 2.75) is 59.8 Å². The first kappa shape index (κ1) is 23.8. The lowest BCUT2D eigenvalue weighted by molar-refractivity contribution is 0.228. The summed E-state index contributed by atoms with van der Waals surface area (Å²) in [6.45, 7) is 13.5. The fraction of sp³-hybridized carbons (Fsp3) is 0.630. The molecule has 33 heavy (non-hydrogen) atoms. The Hall–Kier alpha value is -2.34. The molecule has 0 radical (unpaired) electrons. The van der Waals surface area contributed by atoms with Gasteiger partial charge in [-0.25, -0.2) is 9.97 Å². The standard InChI is InChI=1S/C27H40N4O2/c1-26(2)16-19(17-27(3,4)18-26)24-20-14-22(32-6)23(15-21(20)29-25(28-5)30-24)33-13-9-12-31-10-7-8-11-31/h14-16H,7-13,17-18H2,1-6H3,(H,28,29,30). The van der Waals surface area contributed by atoms with E-state index >= 15 is 0 Å². The minimum Gasteiger partial charge on any atom is -0.493 e. The molecule has 6 heteroatoms. The summed E-state index contributed by atoms with van der Waals surface area (Å²) >= 11 is 0. The topological polar surface area (TPSA) is 59.5 Å². The summed E-state index contributed by atoms with van der Waals surface area (Å²) in [5.41, 5.74) is 3.48. The number of rotatable bonds is 8. The van der Waals surface area contributed by atoms with Gasteiger partial charge < -0.3 is 19.7 Å². The summed E-state index contributed by atoms with van der Waals surface area (Å²) < 4.78 is 11.9. The molecule has 1 aromatic heterocycles. The molecule has 1 saturated heterocycles. The number of fused-ring (bicyclic) bond motifs is 1. The van der Waals surface area contributed by atoms with Gasteiger partial charge in [0.25, 0.3) is 0 Å². The molecule has 0 atom stereocenters. The van der Waals surface area contributed by atoms with Crippen molar-refractivity contribution in [3.8, 4) is 11.5 Å². The molecule has 2 aromatic rings. The summed E-state index contributed by atoms with van der Waals surface area (Å²) in [5.74, 6) is 2.11. The molecule has 1 aromatic carbocycles. The highest BCUT2D eigenvalue weighted by Gasteiger charge is 2.34. The smallest absolute Gasteiger partial charge is 0.223 e. The van der Waals surface area contributed by atoms with Gasteiger partial charge in [0.2, 0.25) is 5.95 Å². The Balaban J connectivity index is 1.66. The van der Waals surface area contributed by atoms with Crippen molar-refractivity contribution in [3.63, 3.8) is 0 Å². The van der Waals surface area contributed by atoms with E-state index in [4.69, 9.17) is 19.4 Å². The van der Waals surface area contributed by atoms with E-state index in [9.17, 15) is 0 Å². The summed E-state index contributed by atoms with van der Waals surface area (Å²) in [6.07, 6.45) is 8.19. The molecule has 1 aliphatic carbocycles. The van der Waals surface area contributed by atoms with Gasteiger partial charge in [0.05, 0.1) is 24.9 Å². The van der Waals surface area contributed by atoms with Crippen LogP contribution in [0.3, 0.4) is 0 Å². The van der Waals surface area contributed by atoms with Crippen LogP contribution in [0.25, 0.3) is 16.5 Å². The van der Waals surface area contributed by atoms with Crippen LogP contribution in [0, 0.1) is 10.8 Å². The van der Waals surface area contributed by atoms with Crippen LogP contribution in [-0.2, 0) is 0 Å². The summed E-state index contributed by atoms with van der Waals surface area (Å²) in [7, 11) is 3.57. The maximum Gasteiger partial charge on any atom is 0.223 e. The molecule has 0 amide bonds. The number of nitrogens with zero attached hydrogens (tertiary/aromatic N) is 3. The lowest BCUT2D eigenvalue weighted by atomic mass is 9.66. The van der Waals surface area contributed by atoms with E-state index in [2.05, 4.69) is 50.1 Å². The van der Waals surface area contributed by atoms with Crippen LogP contribution in [0.15, 0.2) is 18.2 Å². The average molecular weight is 453 g/mol. The molecular formula is C27H40N4O2. The number of allylic oxidation sites excluding steroid dienone is 2. The highest BCUT2D eigenvalue weighted by Crippen LogP contribution is 2.48. The second-order valence-corrected chi connectivity index (χ2v) is 11.1. The molecule has 1 fully saturated rings. The molecule has 2 heterocycles. The summed E-state index contributed by atoms with van der Waals surface area (Å²) in [4.78, 5) is 12.2. The molecule has 6 nitrogen and oxygen atoms in total. The van der Waals surface area contributed by atoms with Crippen molar-refractivity contribution in [2.75, 3.05) is 45.7 Å². The van der Waals surface area contributed by atoms with Gasteiger partial charge in [-0.1, -0.05) is 33.8 Å². The van der Waals surface area contributed by atoms with E-state index < -0.39 is 0 Å². The van der Waals surface area contributed by atoms with Crippen LogP contribution in [0.1, 0.15) is 65.5 Å². The predicted octanol–water partition coefficient (Wildman–Crippen LogP) is 5.77. The number of ether oxygens (including phenoxy) is 2.